The van der Waals surface area contributed by atoms with Crippen LogP contribution in [0.4, 0.5) is 11.4 Å². The summed E-state index contributed by atoms with van der Waals surface area (Å²) in [5.41, 5.74) is 9.08. The van der Waals surface area contributed by atoms with Gasteiger partial charge < -0.3 is 9.45 Å². The molecule has 0 spiro atoms. The number of pyridine rings is 1. The van der Waals surface area contributed by atoms with Crippen molar-refractivity contribution in [3.63, 3.8) is 0 Å². The highest BCUT2D eigenvalue weighted by Gasteiger charge is 2.24. The van der Waals surface area contributed by atoms with E-state index in [4.69, 9.17) is 11.6 Å². The third-order valence-electron chi connectivity index (χ3n) is 9.07. The molecule has 0 saturated heterocycles. The fourth-order valence-electron chi connectivity index (χ4n) is 6.64. The molecule has 1 aliphatic carbocycles. The van der Waals surface area contributed by atoms with E-state index in [0.29, 0.717) is 45.2 Å². The van der Waals surface area contributed by atoms with Crippen LogP contribution in [0.1, 0.15) is 29.5 Å². The summed E-state index contributed by atoms with van der Waals surface area (Å²) < 4.78 is 71.6. The van der Waals surface area contributed by atoms with Crippen LogP contribution in [0.25, 0.3) is 33.5 Å². The van der Waals surface area contributed by atoms with Crippen LogP contribution in [0.3, 0.4) is 0 Å². The van der Waals surface area contributed by atoms with Crippen molar-refractivity contribution in [2.24, 2.45) is 7.05 Å². The number of aryl methyl sites for hydroxylation is 1. The fraction of sp³-hybridized carbons (Fsp3) is 0.108. The van der Waals surface area contributed by atoms with Gasteiger partial charge in [0.15, 0.2) is 0 Å². The molecule has 5 aromatic rings. The molecular weight excluding hydrogens is 668 g/mol. The first-order valence-corrected chi connectivity index (χ1v) is 18.3. The van der Waals surface area contributed by atoms with Crippen LogP contribution < -0.4 is 9.47 Å². The first-order valence-electron chi connectivity index (χ1n) is 15.1. The van der Waals surface area contributed by atoms with Crippen LogP contribution in [0.2, 0.25) is 0 Å². The Hall–Kier alpha value is -4.58. The van der Waals surface area contributed by atoms with E-state index < -0.39 is 25.1 Å². The molecule has 7 rings (SSSR count). The average molecular weight is 697 g/mol. The van der Waals surface area contributed by atoms with Crippen molar-refractivity contribution in [3.05, 3.63) is 136 Å². The molecule has 11 heteroatoms. The van der Waals surface area contributed by atoms with E-state index >= 15 is 0 Å². The molecule has 8 nitrogen and oxygen atoms in total. The van der Waals surface area contributed by atoms with E-state index in [1.54, 1.807) is 29.8 Å². The summed E-state index contributed by atoms with van der Waals surface area (Å²) in [5.74, 6) is 0. The minimum absolute atomic E-state index is 0.315. The van der Waals surface area contributed by atoms with E-state index in [2.05, 4.69) is 48.4 Å². The lowest BCUT2D eigenvalue weighted by Crippen LogP contribution is -2.30. The quantitative estimate of drug-likeness (QED) is 0.116. The summed E-state index contributed by atoms with van der Waals surface area (Å²) >= 11 is 6.97. The molecule has 1 aromatic heterocycles. The Kier molecular flexibility index (Phi) is 7.89. The number of rotatable bonds is 5. The van der Waals surface area contributed by atoms with E-state index in [-0.39, 0.29) is 4.90 Å². The number of benzene rings is 4. The number of halogens is 1. The lowest BCUT2D eigenvalue weighted by atomic mass is 9.90. The molecule has 0 radical (unpaired) electrons. The highest BCUT2D eigenvalue weighted by molar-refractivity contribution is 7.86. The van der Waals surface area contributed by atoms with Gasteiger partial charge in [-0.15, -0.1) is 0 Å². The van der Waals surface area contributed by atoms with Gasteiger partial charge in [0.2, 0.25) is 11.0 Å². The van der Waals surface area contributed by atoms with Crippen LogP contribution >= 0.6 is 11.6 Å². The van der Waals surface area contributed by atoms with Gasteiger partial charge in [-0.3, -0.25) is 4.55 Å². The largest absolute Gasteiger partial charge is 0.744 e. The first-order chi connectivity index (χ1) is 22.8. The van der Waals surface area contributed by atoms with Gasteiger partial charge in [0.05, 0.1) is 20.6 Å². The summed E-state index contributed by atoms with van der Waals surface area (Å²) in [6, 6.07) is 24.8. The molecule has 2 aliphatic rings. The molecule has 0 bridgehead atoms. The normalized spacial score (nSPS) is 16.0. The van der Waals surface area contributed by atoms with Crippen LogP contribution in [-0.2, 0) is 27.3 Å². The molecule has 0 atom stereocenters. The molecule has 48 heavy (non-hydrogen) atoms. The summed E-state index contributed by atoms with van der Waals surface area (Å²) in [6.07, 6.45) is 9.09. The zero-order valence-corrected chi connectivity index (χ0v) is 28.3. The number of allylic oxidation sites excluding steroid dienone is 6. The Bertz CT molecular complexity index is 2410. The zero-order valence-electron chi connectivity index (χ0n) is 25.9. The number of nitrogens with zero attached hydrogens (tertiary/aromatic N) is 2. The summed E-state index contributed by atoms with van der Waals surface area (Å²) in [7, 11) is -5.50. The van der Waals surface area contributed by atoms with Crippen LogP contribution in [0, 0.1) is 0 Å². The molecule has 0 saturated carbocycles. The van der Waals surface area contributed by atoms with Crippen molar-refractivity contribution in [1.29, 1.82) is 0 Å². The van der Waals surface area contributed by atoms with Gasteiger partial charge in [0.25, 0.3) is 10.1 Å². The van der Waals surface area contributed by atoms with Crippen molar-refractivity contribution >= 4 is 76.7 Å². The van der Waals surface area contributed by atoms with Crippen molar-refractivity contribution < 1.29 is 30.5 Å². The van der Waals surface area contributed by atoms with Crippen molar-refractivity contribution in [1.82, 2.24) is 0 Å². The van der Waals surface area contributed by atoms with E-state index in [1.165, 1.54) is 24.3 Å². The number of para-hydroxylation sites is 2. The van der Waals surface area contributed by atoms with Gasteiger partial charge in [-0.2, -0.15) is 13.0 Å². The Morgan fingerprint density at radius 2 is 1.35 bits per heavy atom. The van der Waals surface area contributed by atoms with Crippen LogP contribution in [0.5, 0.6) is 0 Å². The lowest BCUT2D eigenvalue weighted by Gasteiger charge is -2.31. The van der Waals surface area contributed by atoms with E-state index in [9.17, 15) is 25.9 Å². The predicted octanol–water partition coefficient (Wildman–Crippen LogP) is 7.41. The topological polar surface area (TPSA) is 119 Å². The average Bonchev–Trinajstić information content (AvgIpc) is 3.42. The maximum atomic E-state index is 12.1. The summed E-state index contributed by atoms with van der Waals surface area (Å²) in [4.78, 5) is 1.46. The molecule has 242 valence electrons. The standard InChI is InChI=1S/C37H29ClN2O6S2/c1-39-33-9-5-3-7-29(33)27(30-8-4-6-10-34(30)39)17-13-23-11-12-24(37(23)38)14-18-28-31-21-25(47(41,42)43)15-19-35(31)40(2)36-20-16-26(22-32(28)36)48(44,45)46/h3-10,13-22H,11-12H2,1-2H3,(H-,41,42,43,44,45,46). The minimum Gasteiger partial charge on any atom is -0.744 e. The molecule has 0 fully saturated rings. The number of anilines is 2. The number of aromatic nitrogens is 1. The maximum Gasteiger partial charge on any atom is 0.294 e. The number of fused-ring (bicyclic) bond motifs is 4. The van der Waals surface area contributed by atoms with Gasteiger partial charge in [-0.05, 0) is 66.0 Å². The highest BCUT2D eigenvalue weighted by atomic mass is 35.5. The van der Waals surface area contributed by atoms with Gasteiger partial charge in [0, 0.05) is 52.3 Å². The second-order valence-corrected chi connectivity index (χ2v) is 15.0. The molecule has 1 N–H and O–H groups in total. The Morgan fingerprint density at radius 3 is 1.94 bits per heavy atom. The van der Waals surface area contributed by atoms with Gasteiger partial charge >= 0.3 is 0 Å². The second-order valence-electron chi connectivity index (χ2n) is 11.8. The molecule has 0 unspecified atom stereocenters. The molecule has 2 heterocycles. The third-order valence-corrected chi connectivity index (χ3v) is 11.2. The zero-order chi connectivity index (χ0) is 34.0. The van der Waals surface area contributed by atoms with Gasteiger partial charge in [0.1, 0.15) is 17.2 Å². The Labute approximate surface area is 283 Å². The number of hydrogen-bond donors (Lipinski definition) is 1. The minimum atomic E-state index is -4.78. The van der Waals surface area contributed by atoms with Gasteiger partial charge in [-0.1, -0.05) is 72.3 Å². The van der Waals surface area contributed by atoms with E-state index in [1.807, 2.05) is 30.3 Å². The van der Waals surface area contributed by atoms with Crippen molar-refractivity contribution in [3.8, 4) is 0 Å². The lowest BCUT2D eigenvalue weighted by molar-refractivity contribution is -0.617. The maximum absolute atomic E-state index is 12.1. The SMILES string of the molecule is CN1c2ccccc2C(=C/C=C2\CCC(/C=C/c3c4cc(S(=O)(=O)[O-])ccc4[n+](C)c4ccc(S(=O)(=O)O)cc34)=C2Cl)c2ccccc21. The second kappa shape index (κ2) is 11.8. The molecule has 1 aliphatic heterocycles. The Morgan fingerprint density at radius 1 is 0.792 bits per heavy atom. The fourth-order valence-corrected chi connectivity index (χ4v) is 7.95. The predicted molar refractivity (Wildman–Crippen MR) is 188 cm³/mol. The van der Waals surface area contributed by atoms with Gasteiger partial charge in [-0.25, -0.2) is 8.42 Å². The molecule has 4 aromatic carbocycles. The number of hydrogen-bond acceptors (Lipinski definition) is 6. The van der Waals surface area contributed by atoms with E-state index in [0.717, 1.165) is 39.2 Å². The third kappa shape index (κ3) is 5.55. The van der Waals surface area contributed by atoms with Crippen LogP contribution in [-0.4, -0.2) is 33.0 Å². The first kappa shape index (κ1) is 32.0. The summed E-state index contributed by atoms with van der Waals surface area (Å²) in [5, 5.41) is 1.45. The highest BCUT2D eigenvalue weighted by Crippen LogP contribution is 2.44. The Balaban J connectivity index is 1.36. The van der Waals surface area contributed by atoms with Crippen molar-refractivity contribution in [2.75, 3.05) is 11.9 Å². The molecular formula is C37H29ClN2O6S2. The van der Waals surface area contributed by atoms with Crippen LogP contribution in [0.15, 0.2) is 129 Å². The monoisotopic (exact) mass is 696 g/mol. The smallest absolute Gasteiger partial charge is 0.294 e. The summed E-state index contributed by atoms with van der Waals surface area (Å²) in [6.45, 7) is 0. The van der Waals surface area contributed by atoms with Crippen molar-refractivity contribution in [2.45, 2.75) is 22.6 Å². The molecule has 0 amide bonds.